The van der Waals surface area contributed by atoms with Crippen molar-refractivity contribution in [2.45, 2.75) is 6.54 Å². The molecule has 1 fully saturated rings. The normalized spacial score (nSPS) is 14.2. The minimum atomic E-state index is -1.04. The number of nitrogens with zero attached hydrogens (tertiary/aromatic N) is 6. The van der Waals surface area contributed by atoms with E-state index in [9.17, 15) is 17.6 Å². The van der Waals surface area contributed by atoms with E-state index in [2.05, 4.69) is 30.2 Å². The van der Waals surface area contributed by atoms with Gasteiger partial charge in [0.1, 0.15) is 29.3 Å². The molecule has 1 aliphatic heterocycles. The van der Waals surface area contributed by atoms with Crippen LogP contribution in [-0.2, 0) is 11.3 Å². The number of morpholine rings is 1. The molecule has 13 heteroatoms. The summed E-state index contributed by atoms with van der Waals surface area (Å²) < 4.78 is 62.9. The predicted octanol–water partition coefficient (Wildman–Crippen LogP) is 3.70. The molecule has 1 saturated heterocycles. The molecular weight excluding hydrogens is 480 g/mol. The van der Waals surface area contributed by atoms with Crippen molar-refractivity contribution in [3.8, 4) is 5.69 Å². The van der Waals surface area contributed by atoms with Crippen molar-refractivity contribution in [3.05, 3.63) is 65.8 Å². The zero-order chi connectivity index (χ0) is 24.8. The van der Waals surface area contributed by atoms with Crippen molar-refractivity contribution in [3.63, 3.8) is 0 Å². The summed E-state index contributed by atoms with van der Waals surface area (Å²) in [7, 11) is 0. The van der Waals surface area contributed by atoms with E-state index in [1.54, 1.807) is 0 Å². The molecule has 36 heavy (non-hydrogen) atoms. The summed E-state index contributed by atoms with van der Waals surface area (Å²) in [6.07, 6.45) is 1.34. The van der Waals surface area contributed by atoms with Crippen molar-refractivity contribution in [2.24, 2.45) is 0 Å². The number of imidazole rings is 2. The predicted molar refractivity (Wildman–Crippen MR) is 123 cm³/mol. The molecule has 9 nitrogen and oxygen atoms in total. The van der Waals surface area contributed by atoms with Crippen molar-refractivity contribution in [2.75, 3.05) is 36.5 Å². The molecule has 0 atom stereocenters. The highest BCUT2D eigenvalue weighted by Gasteiger charge is 2.21. The Bertz CT molecular complexity index is 1590. The molecule has 2 aromatic carbocycles. The van der Waals surface area contributed by atoms with Crippen LogP contribution in [0.15, 0.2) is 36.7 Å². The van der Waals surface area contributed by atoms with Gasteiger partial charge in [-0.2, -0.15) is 9.97 Å². The number of nitrogens with one attached hydrogen (secondary N) is 2. The first kappa shape index (κ1) is 22.2. The highest BCUT2D eigenvalue weighted by atomic mass is 19.2. The molecule has 5 aromatic rings. The standard InChI is InChI=1S/C23H18F4N8O/c24-12-1-2-13(25)16(9-12)35-11-29-20-21(32-23(33-22(20)35)34-5-7-36-8-6-34)28-10-17-30-15-4-3-14(26)18(27)19(15)31-17/h1-4,9,11H,5-8,10H2,(H,30,31)(H,28,32,33). The number of aromatic nitrogens is 6. The number of ether oxygens (including phenoxy) is 1. The maximum atomic E-state index is 14.6. The molecule has 0 radical (unpaired) electrons. The van der Waals surface area contributed by atoms with E-state index in [-0.39, 0.29) is 23.4 Å². The van der Waals surface area contributed by atoms with Gasteiger partial charge < -0.3 is 19.9 Å². The smallest absolute Gasteiger partial charge is 0.229 e. The molecule has 0 spiro atoms. The minimum Gasteiger partial charge on any atom is -0.378 e. The van der Waals surface area contributed by atoms with Crippen LogP contribution in [0.2, 0.25) is 0 Å². The number of hydrogen-bond acceptors (Lipinski definition) is 7. The van der Waals surface area contributed by atoms with Crippen LogP contribution in [0, 0.1) is 23.3 Å². The number of anilines is 2. The quantitative estimate of drug-likeness (QED) is 0.357. The van der Waals surface area contributed by atoms with Crippen molar-refractivity contribution in [1.82, 2.24) is 29.5 Å². The second kappa shape index (κ2) is 8.75. The van der Waals surface area contributed by atoms with Gasteiger partial charge in [0.15, 0.2) is 28.6 Å². The average Bonchev–Trinajstić information content (AvgIpc) is 3.51. The fourth-order valence-electron chi connectivity index (χ4n) is 4.08. The van der Waals surface area contributed by atoms with E-state index in [1.807, 2.05) is 4.90 Å². The van der Waals surface area contributed by atoms with Crippen LogP contribution < -0.4 is 10.2 Å². The van der Waals surface area contributed by atoms with E-state index in [1.165, 1.54) is 17.0 Å². The SMILES string of the molecule is Fc1ccc(F)c(-n2cnc3c(NCc4nc5c(F)c(F)ccc5[nH]4)nc(N4CCOCC4)nc32)c1. The van der Waals surface area contributed by atoms with E-state index in [4.69, 9.17) is 4.74 Å². The summed E-state index contributed by atoms with van der Waals surface area (Å²) in [5.74, 6) is -2.28. The Kier molecular flexibility index (Phi) is 5.40. The topological polar surface area (TPSA) is 96.8 Å². The van der Waals surface area contributed by atoms with E-state index in [0.29, 0.717) is 54.9 Å². The molecule has 3 aromatic heterocycles. The highest BCUT2D eigenvalue weighted by Crippen LogP contribution is 2.27. The van der Waals surface area contributed by atoms with Crippen LogP contribution in [0.5, 0.6) is 0 Å². The fourth-order valence-corrected chi connectivity index (χ4v) is 4.08. The van der Waals surface area contributed by atoms with E-state index < -0.39 is 23.3 Å². The van der Waals surface area contributed by atoms with Gasteiger partial charge in [0.25, 0.3) is 0 Å². The molecule has 0 bridgehead atoms. The van der Waals surface area contributed by atoms with Gasteiger partial charge in [-0.15, -0.1) is 0 Å². The number of rotatable bonds is 5. The van der Waals surface area contributed by atoms with E-state index in [0.717, 1.165) is 24.3 Å². The summed E-state index contributed by atoms with van der Waals surface area (Å²) in [5.41, 5.74) is 0.753. The van der Waals surface area contributed by atoms with Crippen LogP contribution in [0.1, 0.15) is 5.82 Å². The summed E-state index contributed by atoms with van der Waals surface area (Å²) in [6.45, 7) is 2.14. The lowest BCUT2D eigenvalue weighted by molar-refractivity contribution is 0.122. The third-order valence-corrected chi connectivity index (χ3v) is 5.86. The van der Waals surface area contributed by atoms with Crippen LogP contribution in [0.4, 0.5) is 29.3 Å². The van der Waals surface area contributed by atoms with Crippen LogP contribution in [-0.4, -0.2) is 55.8 Å². The number of aromatic amines is 1. The van der Waals surface area contributed by atoms with Gasteiger partial charge in [-0.3, -0.25) is 4.57 Å². The summed E-state index contributed by atoms with van der Waals surface area (Å²) >= 11 is 0. The Balaban J connectivity index is 1.42. The van der Waals surface area contributed by atoms with Crippen molar-refractivity contribution < 1.29 is 22.3 Å². The highest BCUT2D eigenvalue weighted by molar-refractivity contribution is 5.85. The third kappa shape index (κ3) is 3.86. The number of H-pyrrole nitrogens is 1. The Labute approximate surface area is 200 Å². The first-order valence-electron chi connectivity index (χ1n) is 11.1. The minimum absolute atomic E-state index is 0.0511. The third-order valence-electron chi connectivity index (χ3n) is 5.86. The van der Waals surface area contributed by atoms with Gasteiger partial charge in [0.05, 0.1) is 31.0 Å². The molecule has 4 heterocycles. The zero-order valence-corrected chi connectivity index (χ0v) is 18.6. The Morgan fingerprint density at radius 2 is 1.75 bits per heavy atom. The summed E-state index contributed by atoms with van der Waals surface area (Å²) in [6, 6.07) is 5.54. The van der Waals surface area contributed by atoms with Crippen molar-refractivity contribution >= 4 is 34.0 Å². The number of fused-ring (bicyclic) bond motifs is 2. The maximum absolute atomic E-state index is 14.6. The fraction of sp³-hybridized carbons (Fsp3) is 0.217. The van der Waals surface area contributed by atoms with Gasteiger partial charge in [-0.1, -0.05) is 0 Å². The van der Waals surface area contributed by atoms with Crippen LogP contribution in [0.3, 0.4) is 0 Å². The van der Waals surface area contributed by atoms with Gasteiger partial charge in [-0.25, -0.2) is 27.5 Å². The Morgan fingerprint density at radius 1 is 0.944 bits per heavy atom. The molecule has 2 N–H and O–H groups in total. The monoisotopic (exact) mass is 498 g/mol. The first-order chi connectivity index (χ1) is 17.5. The van der Waals surface area contributed by atoms with Crippen LogP contribution in [0.25, 0.3) is 27.9 Å². The van der Waals surface area contributed by atoms with E-state index >= 15 is 0 Å². The van der Waals surface area contributed by atoms with Gasteiger partial charge in [-0.05, 0) is 24.3 Å². The second-order valence-electron chi connectivity index (χ2n) is 8.15. The molecule has 0 amide bonds. The Morgan fingerprint density at radius 3 is 2.58 bits per heavy atom. The lowest BCUT2D eigenvalue weighted by atomic mass is 10.3. The number of benzene rings is 2. The molecule has 0 aliphatic carbocycles. The molecule has 1 aliphatic rings. The second-order valence-corrected chi connectivity index (χ2v) is 8.15. The lowest BCUT2D eigenvalue weighted by Crippen LogP contribution is -2.37. The Hall–Kier alpha value is -4.26. The largest absolute Gasteiger partial charge is 0.378 e. The van der Waals surface area contributed by atoms with Crippen molar-refractivity contribution in [1.29, 1.82) is 0 Å². The van der Waals surface area contributed by atoms with Gasteiger partial charge >= 0.3 is 0 Å². The molecule has 0 unspecified atom stereocenters. The average molecular weight is 498 g/mol. The molecule has 6 rings (SSSR count). The number of halogens is 4. The number of hydrogen-bond donors (Lipinski definition) is 2. The van der Waals surface area contributed by atoms with Crippen LogP contribution >= 0.6 is 0 Å². The summed E-state index contributed by atoms with van der Waals surface area (Å²) in [5, 5.41) is 3.11. The summed E-state index contributed by atoms with van der Waals surface area (Å²) in [4.78, 5) is 22.5. The molecular formula is C23H18F4N8O. The maximum Gasteiger partial charge on any atom is 0.229 e. The van der Waals surface area contributed by atoms with Gasteiger partial charge in [0.2, 0.25) is 5.95 Å². The van der Waals surface area contributed by atoms with Gasteiger partial charge in [0, 0.05) is 19.2 Å². The molecule has 184 valence electrons. The zero-order valence-electron chi connectivity index (χ0n) is 18.6. The lowest BCUT2D eigenvalue weighted by Gasteiger charge is -2.27. The first-order valence-corrected chi connectivity index (χ1v) is 11.1. The molecule has 0 saturated carbocycles.